The first-order valence-corrected chi connectivity index (χ1v) is 13.3. The fourth-order valence-electron chi connectivity index (χ4n) is 4.02. The third-order valence-corrected chi connectivity index (χ3v) is 8.91. The van der Waals surface area contributed by atoms with Gasteiger partial charge in [-0.15, -0.1) is 0 Å². The van der Waals surface area contributed by atoms with Crippen LogP contribution in [-0.2, 0) is 14.8 Å². The average Bonchev–Trinajstić information content (AvgIpc) is 3.36. The third kappa shape index (κ3) is 5.23. The van der Waals surface area contributed by atoms with Gasteiger partial charge in [-0.3, -0.25) is 14.9 Å². The summed E-state index contributed by atoms with van der Waals surface area (Å²) in [5.74, 6) is -0.521. The van der Waals surface area contributed by atoms with Crippen molar-refractivity contribution in [3.05, 3.63) is 45.3 Å². The van der Waals surface area contributed by atoms with Crippen LogP contribution in [0.3, 0.4) is 0 Å². The maximum absolute atomic E-state index is 13.2. The van der Waals surface area contributed by atoms with Crippen molar-refractivity contribution in [2.75, 3.05) is 69.2 Å². The molecule has 2 aliphatic rings. The van der Waals surface area contributed by atoms with Crippen LogP contribution in [0.15, 0.2) is 35.2 Å². The number of amides is 1. The van der Waals surface area contributed by atoms with Crippen molar-refractivity contribution in [2.24, 2.45) is 0 Å². The van der Waals surface area contributed by atoms with E-state index >= 15 is 0 Å². The molecule has 1 aromatic carbocycles. The molecule has 0 atom stereocenters. The van der Waals surface area contributed by atoms with E-state index in [2.05, 4.69) is 22.0 Å². The van der Waals surface area contributed by atoms with Crippen LogP contribution in [-0.4, -0.2) is 87.5 Å². The van der Waals surface area contributed by atoms with Crippen LogP contribution in [0.5, 0.6) is 0 Å². The van der Waals surface area contributed by atoms with Gasteiger partial charge < -0.3 is 19.9 Å². The van der Waals surface area contributed by atoms with Crippen LogP contribution in [0, 0.1) is 10.1 Å². The van der Waals surface area contributed by atoms with Gasteiger partial charge in [0.05, 0.1) is 39.3 Å². The lowest BCUT2D eigenvalue weighted by atomic mass is 10.2. The topological polar surface area (TPSA) is 125 Å². The van der Waals surface area contributed by atoms with Gasteiger partial charge in [0.1, 0.15) is 0 Å². The van der Waals surface area contributed by atoms with Crippen molar-refractivity contribution >= 4 is 43.6 Å². The van der Waals surface area contributed by atoms with Crippen molar-refractivity contribution in [3.63, 3.8) is 0 Å². The summed E-state index contributed by atoms with van der Waals surface area (Å²) >= 11 is 0.774. The number of piperazine rings is 1. The fraction of sp³-hybridized carbons (Fsp3) is 0.476. The Labute approximate surface area is 202 Å². The van der Waals surface area contributed by atoms with Gasteiger partial charge in [0.2, 0.25) is 10.0 Å². The number of thiophene rings is 1. The van der Waals surface area contributed by atoms with E-state index in [1.54, 1.807) is 12.1 Å². The van der Waals surface area contributed by atoms with Crippen LogP contribution in [0.25, 0.3) is 0 Å². The second-order valence-corrected chi connectivity index (χ2v) is 11.0. The Bertz CT molecular complexity index is 1150. The van der Waals surface area contributed by atoms with Gasteiger partial charge in [-0.2, -0.15) is 4.31 Å². The highest BCUT2D eigenvalue weighted by Crippen LogP contribution is 2.33. The number of rotatable bonds is 7. The molecule has 13 heteroatoms. The van der Waals surface area contributed by atoms with Crippen molar-refractivity contribution in [2.45, 2.75) is 11.8 Å². The molecule has 1 amide bonds. The molecule has 184 valence electrons. The molecule has 0 aliphatic carbocycles. The molecule has 34 heavy (non-hydrogen) atoms. The second-order valence-electron chi connectivity index (χ2n) is 7.97. The molecule has 2 aromatic rings. The highest BCUT2D eigenvalue weighted by molar-refractivity contribution is 7.89. The Balaban J connectivity index is 1.65. The first-order chi connectivity index (χ1) is 16.3. The molecule has 2 fully saturated rings. The highest BCUT2D eigenvalue weighted by Gasteiger charge is 2.28. The minimum Gasteiger partial charge on any atom is -0.379 e. The number of sulfonamides is 1. The largest absolute Gasteiger partial charge is 0.379 e. The number of nitrogens with one attached hydrogen (secondary N) is 1. The molecule has 11 nitrogen and oxygen atoms in total. The lowest BCUT2D eigenvalue weighted by Crippen LogP contribution is -2.46. The van der Waals surface area contributed by atoms with E-state index < -0.39 is 20.9 Å². The first kappa shape index (κ1) is 24.5. The average molecular weight is 510 g/mol. The number of anilines is 2. The summed E-state index contributed by atoms with van der Waals surface area (Å²) in [5, 5.41) is 13.7. The van der Waals surface area contributed by atoms with Crippen molar-refractivity contribution in [1.29, 1.82) is 0 Å². The van der Waals surface area contributed by atoms with Crippen LogP contribution < -0.4 is 10.2 Å². The van der Waals surface area contributed by atoms with E-state index in [0.717, 1.165) is 49.7 Å². The molecule has 0 spiro atoms. The van der Waals surface area contributed by atoms with Crippen molar-refractivity contribution in [3.8, 4) is 0 Å². The molecule has 0 unspecified atom stereocenters. The van der Waals surface area contributed by atoms with Crippen LogP contribution >= 0.6 is 11.3 Å². The second kappa shape index (κ2) is 10.4. The summed E-state index contributed by atoms with van der Waals surface area (Å²) in [6, 6.07) is 7.45. The summed E-state index contributed by atoms with van der Waals surface area (Å²) in [7, 11) is -3.76. The SMILES string of the molecule is CCN1CCN(c2ccc(S(=O)(=O)N3CCOCC3)cc2NC(=O)c2ccc([N+](=O)[O-])s2)CC1. The smallest absolute Gasteiger partial charge is 0.324 e. The van der Waals surface area contributed by atoms with Gasteiger partial charge in [0, 0.05) is 45.3 Å². The molecule has 1 aromatic heterocycles. The van der Waals surface area contributed by atoms with E-state index in [9.17, 15) is 23.3 Å². The summed E-state index contributed by atoms with van der Waals surface area (Å²) in [4.78, 5) is 28.1. The minimum absolute atomic E-state index is 0.0813. The zero-order chi connectivity index (χ0) is 24.3. The van der Waals surface area contributed by atoms with E-state index in [-0.39, 0.29) is 27.9 Å². The summed E-state index contributed by atoms with van der Waals surface area (Å²) < 4.78 is 33.1. The predicted molar refractivity (Wildman–Crippen MR) is 129 cm³/mol. The van der Waals surface area contributed by atoms with Gasteiger partial charge in [0.15, 0.2) is 0 Å². The molecule has 0 radical (unpaired) electrons. The number of nitrogens with zero attached hydrogens (tertiary/aromatic N) is 4. The number of morpholine rings is 1. The predicted octanol–water partition coefficient (Wildman–Crippen LogP) is 2.07. The minimum atomic E-state index is -3.76. The molecule has 0 saturated carbocycles. The normalized spacial score (nSPS) is 18.1. The quantitative estimate of drug-likeness (QED) is 0.444. The summed E-state index contributed by atoms with van der Waals surface area (Å²) in [6.45, 7) is 7.43. The molecular formula is C21H27N5O6S2. The molecular weight excluding hydrogens is 482 g/mol. The third-order valence-electron chi connectivity index (χ3n) is 5.98. The van der Waals surface area contributed by atoms with E-state index in [1.165, 1.54) is 22.5 Å². The summed E-state index contributed by atoms with van der Waals surface area (Å²) in [5.41, 5.74) is 1.08. The first-order valence-electron chi connectivity index (χ1n) is 11.0. The molecule has 3 heterocycles. The fourth-order valence-corrected chi connectivity index (χ4v) is 6.17. The zero-order valence-electron chi connectivity index (χ0n) is 18.8. The Kier molecular flexibility index (Phi) is 7.48. The molecule has 4 rings (SSSR count). The molecule has 0 bridgehead atoms. The number of hydrogen-bond donors (Lipinski definition) is 1. The number of benzene rings is 1. The molecule has 2 aliphatic heterocycles. The summed E-state index contributed by atoms with van der Waals surface area (Å²) in [6.07, 6.45) is 0. The lowest BCUT2D eigenvalue weighted by Gasteiger charge is -2.36. The van der Waals surface area contributed by atoms with Gasteiger partial charge in [-0.05, 0) is 30.8 Å². The Morgan fingerprint density at radius 2 is 1.82 bits per heavy atom. The van der Waals surface area contributed by atoms with Gasteiger partial charge >= 0.3 is 5.00 Å². The number of hydrogen-bond acceptors (Lipinski definition) is 9. The number of nitro groups is 1. The van der Waals surface area contributed by atoms with Crippen molar-refractivity contribution < 1.29 is 22.9 Å². The monoisotopic (exact) mass is 509 g/mol. The Morgan fingerprint density at radius 3 is 2.44 bits per heavy atom. The standard InChI is InChI=1S/C21H27N5O6S2/c1-2-23-7-9-24(10-8-23)18-4-3-16(34(30,31)25-11-13-32-14-12-25)15-17(18)22-21(27)19-5-6-20(33-19)26(28)29/h3-6,15H,2,7-14H2,1H3,(H,22,27). The van der Waals surface area contributed by atoms with Crippen LogP contribution in [0.2, 0.25) is 0 Å². The molecule has 1 N–H and O–H groups in total. The number of ether oxygens (including phenoxy) is 1. The van der Waals surface area contributed by atoms with E-state index in [0.29, 0.717) is 18.9 Å². The van der Waals surface area contributed by atoms with E-state index in [4.69, 9.17) is 4.74 Å². The maximum atomic E-state index is 13.2. The number of carbonyl (C=O) groups excluding carboxylic acids is 1. The van der Waals surface area contributed by atoms with E-state index in [1.807, 2.05) is 0 Å². The highest BCUT2D eigenvalue weighted by atomic mass is 32.2. The van der Waals surface area contributed by atoms with Gasteiger partial charge in [-0.25, -0.2) is 8.42 Å². The molecule has 2 saturated heterocycles. The number of likely N-dealkylation sites (N-methyl/N-ethyl adjacent to an activating group) is 1. The van der Waals surface area contributed by atoms with Crippen LogP contribution in [0.4, 0.5) is 16.4 Å². The van der Waals surface area contributed by atoms with Gasteiger partial charge in [-0.1, -0.05) is 18.3 Å². The maximum Gasteiger partial charge on any atom is 0.324 e. The van der Waals surface area contributed by atoms with Crippen molar-refractivity contribution in [1.82, 2.24) is 9.21 Å². The zero-order valence-corrected chi connectivity index (χ0v) is 20.4. The Morgan fingerprint density at radius 1 is 1.12 bits per heavy atom. The van der Waals surface area contributed by atoms with Gasteiger partial charge in [0.25, 0.3) is 5.91 Å². The van der Waals surface area contributed by atoms with Crippen LogP contribution in [0.1, 0.15) is 16.6 Å². The Hall–Kier alpha value is -2.58. The lowest BCUT2D eigenvalue weighted by molar-refractivity contribution is -0.380. The number of carbonyl (C=O) groups is 1.